The highest BCUT2D eigenvalue weighted by Crippen LogP contribution is 2.27. The number of hydrogen-bond acceptors (Lipinski definition) is 6. The summed E-state index contributed by atoms with van der Waals surface area (Å²) in [5.41, 5.74) is 9.74. The summed E-state index contributed by atoms with van der Waals surface area (Å²) in [5.74, 6) is 2.14. The minimum atomic E-state index is 0.504. The fourth-order valence-corrected chi connectivity index (χ4v) is 2.88. The third-order valence-electron chi connectivity index (χ3n) is 4.37. The minimum Gasteiger partial charge on any atom is -0.497 e. The molecule has 0 aliphatic rings. The summed E-state index contributed by atoms with van der Waals surface area (Å²) < 4.78 is 5.20. The average molecular weight is 357 g/mol. The van der Waals surface area contributed by atoms with Gasteiger partial charge in [-0.2, -0.15) is 0 Å². The molecule has 0 fully saturated rings. The van der Waals surface area contributed by atoms with E-state index in [4.69, 9.17) is 10.5 Å². The summed E-state index contributed by atoms with van der Waals surface area (Å²) in [5, 5.41) is 4.36. The van der Waals surface area contributed by atoms with Crippen molar-refractivity contribution < 1.29 is 4.74 Å². The number of pyridine rings is 1. The molecule has 6 heteroatoms. The van der Waals surface area contributed by atoms with Crippen molar-refractivity contribution in [2.45, 2.75) is 6.54 Å². The lowest BCUT2D eigenvalue weighted by Crippen LogP contribution is -2.02. The molecule has 4 rings (SSSR count). The number of aromatic nitrogens is 3. The van der Waals surface area contributed by atoms with Gasteiger partial charge >= 0.3 is 0 Å². The molecule has 3 N–H and O–H groups in total. The number of ether oxygens (including phenoxy) is 1. The van der Waals surface area contributed by atoms with E-state index in [1.54, 1.807) is 25.7 Å². The standard InChI is InChI=1S/C21H19N5O/c1-27-17-6-2-14(3-7-17)11-24-21-18-10-15(4-8-19(18)25-13-26-21)16-5-9-20(22)23-12-16/h2-10,12-13H,11H2,1H3,(H2,22,23)(H,24,25,26). The van der Waals surface area contributed by atoms with E-state index in [9.17, 15) is 0 Å². The molecule has 27 heavy (non-hydrogen) atoms. The highest BCUT2D eigenvalue weighted by molar-refractivity contribution is 5.92. The number of rotatable bonds is 5. The maximum absolute atomic E-state index is 5.68. The predicted octanol–water partition coefficient (Wildman–Crippen LogP) is 3.89. The number of fused-ring (bicyclic) bond motifs is 1. The van der Waals surface area contributed by atoms with Crippen LogP contribution in [0.1, 0.15) is 5.56 Å². The van der Waals surface area contributed by atoms with Gasteiger partial charge in [0.15, 0.2) is 0 Å². The van der Waals surface area contributed by atoms with E-state index in [0.29, 0.717) is 12.4 Å². The van der Waals surface area contributed by atoms with Crippen LogP contribution in [0.5, 0.6) is 5.75 Å². The second-order valence-electron chi connectivity index (χ2n) is 6.13. The summed E-state index contributed by atoms with van der Waals surface area (Å²) in [6.07, 6.45) is 3.34. The van der Waals surface area contributed by atoms with Crippen LogP contribution >= 0.6 is 0 Å². The van der Waals surface area contributed by atoms with Crippen molar-refractivity contribution >= 4 is 22.5 Å². The molecular formula is C21H19N5O. The summed E-state index contributed by atoms with van der Waals surface area (Å²) in [6.45, 7) is 0.657. The first-order valence-corrected chi connectivity index (χ1v) is 8.56. The molecule has 0 aliphatic carbocycles. The molecule has 2 aromatic carbocycles. The largest absolute Gasteiger partial charge is 0.497 e. The highest BCUT2D eigenvalue weighted by atomic mass is 16.5. The number of nitrogens with zero attached hydrogens (tertiary/aromatic N) is 3. The summed E-state index contributed by atoms with van der Waals surface area (Å²) in [4.78, 5) is 13.0. The molecule has 2 heterocycles. The lowest BCUT2D eigenvalue weighted by Gasteiger charge is -2.10. The maximum atomic E-state index is 5.68. The van der Waals surface area contributed by atoms with Crippen LogP contribution < -0.4 is 15.8 Å². The lowest BCUT2D eigenvalue weighted by atomic mass is 10.1. The molecule has 0 amide bonds. The predicted molar refractivity (Wildman–Crippen MR) is 108 cm³/mol. The minimum absolute atomic E-state index is 0.504. The lowest BCUT2D eigenvalue weighted by molar-refractivity contribution is 0.414. The van der Waals surface area contributed by atoms with Crippen LogP contribution in [-0.4, -0.2) is 22.1 Å². The molecule has 0 radical (unpaired) electrons. The van der Waals surface area contributed by atoms with Crippen LogP contribution in [0.2, 0.25) is 0 Å². The Balaban J connectivity index is 1.63. The van der Waals surface area contributed by atoms with Crippen molar-refractivity contribution in [1.29, 1.82) is 0 Å². The molecule has 0 unspecified atom stereocenters. The van der Waals surface area contributed by atoms with Crippen LogP contribution in [-0.2, 0) is 6.54 Å². The molecule has 0 saturated heterocycles. The Kier molecular flexibility index (Phi) is 4.53. The highest BCUT2D eigenvalue weighted by Gasteiger charge is 2.07. The van der Waals surface area contributed by atoms with Gasteiger partial charge in [0.25, 0.3) is 0 Å². The zero-order valence-corrected chi connectivity index (χ0v) is 14.9. The molecule has 2 aromatic heterocycles. The molecule has 134 valence electrons. The van der Waals surface area contributed by atoms with Gasteiger partial charge in [-0.15, -0.1) is 0 Å². The summed E-state index contributed by atoms with van der Waals surface area (Å²) in [7, 11) is 1.66. The fourth-order valence-electron chi connectivity index (χ4n) is 2.88. The van der Waals surface area contributed by atoms with Crippen LogP contribution in [0, 0.1) is 0 Å². The average Bonchev–Trinajstić information content (AvgIpc) is 2.73. The first kappa shape index (κ1) is 16.8. The number of nitrogens with two attached hydrogens (primary N) is 1. The number of benzene rings is 2. The third kappa shape index (κ3) is 3.64. The molecule has 0 spiro atoms. The molecule has 4 aromatic rings. The summed E-state index contributed by atoms with van der Waals surface area (Å²) >= 11 is 0. The van der Waals surface area contributed by atoms with Gasteiger partial charge in [0.05, 0.1) is 12.6 Å². The van der Waals surface area contributed by atoms with Gasteiger partial charge in [-0.3, -0.25) is 0 Å². The number of anilines is 2. The Morgan fingerprint density at radius 1 is 0.926 bits per heavy atom. The number of nitrogens with one attached hydrogen (secondary N) is 1. The Bertz CT molecular complexity index is 1060. The SMILES string of the molecule is COc1ccc(CNc2ncnc3ccc(-c4ccc(N)nc4)cc23)cc1. The Hall–Kier alpha value is -3.67. The van der Waals surface area contributed by atoms with Crippen LogP contribution in [0.15, 0.2) is 67.1 Å². The summed E-state index contributed by atoms with van der Waals surface area (Å²) in [6, 6.07) is 17.8. The third-order valence-corrected chi connectivity index (χ3v) is 4.37. The van der Waals surface area contributed by atoms with E-state index in [-0.39, 0.29) is 0 Å². The quantitative estimate of drug-likeness (QED) is 0.563. The van der Waals surface area contributed by atoms with Crippen LogP contribution in [0.3, 0.4) is 0 Å². The second kappa shape index (κ2) is 7.29. The number of nitrogen functional groups attached to an aromatic ring is 1. The Morgan fingerprint density at radius 3 is 2.48 bits per heavy atom. The van der Waals surface area contributed by atoms with Crippen molar-refractivity contribution in [1.82, 2.24) is 15.0 Å². The van der Waals surface area contributed by atoms with Crippen molar-refractivity contribution in [3.8, 4) is 16.9 Å². The molecular weight excluding hydrogens is 338 g/mol. The number of hydrogen-bond donors (Lipinski definition) is 2. The van der Waals surface area contributed by atoms with E-state index in [2.05, 4.69) is 26.3 Å². The van der Waals surface area contributed by atoms with Crippen LogP contribution in [0.25, 0.3) is 22.0 Å². The van der Waals surface area contributed by atoms with Gasteiger partial charge in [0.2, 0.25) is 0 Å². The zero-order valence-electron chi connectivity index (χ0n) is 14.9. The van der Waals surface area contributed by atoms with Gasteiger partial charge < -0.3 is 15.8 Å². The van der Waals surface area contributed by atoms with Gasteiger partial charge in [-0.1, -0.05) is 18.2 Å². The van der Waals surface area contributed by atoms with E-state index in [1.807, 2.05) is 42.5 Å². The van der Waals surface area contributed by atoms with Gasteiger partial charge in [-0.05, 0) is 47.5 Å². The molecule has 0 aliphatic heterocycles. The monoisotopic (exact) mass is 357 g/mol. The van der Waals surface area contributed by atoms with Crippen molar-refractivity contribution in [3.63, 3.8) is 0 Å². The molecule has 0 saturated carbocycles. The first-order valence-electron chi connectivity index (χ1n) is 8.56. The van der Waals surface area contributed by atoms with Crippen molar-refractivity contribution in [2.24, 2.45) is 0 Å². The fraction of sp³-hybridized carbons (Fsp3) is 0.0952. The first-order chi connectivity index (χ1) is 13.2. The second-order valence-corrected chi connectivity index (χ2v) is 6.13. The topological polar surface area (TPSA) is 86.0 Å². The van der Waals surface area contributed by atoms with Crippen molar-refractivity contribution in [2.75, 3.05) is 18.2 Å². The van der Waals surface area contributed by atoms with E-state index < -0.39 is 0 Å². The molecule has 0 atom stereocenters. The molecule has 6 nitrogen and oxygen atoms in total. The Morgan fingerprint density at radius 2 is 1.74 bits per heavy atom. The normalized spacial score (nSPS) is 10.7. The molecule has 0 bridgehead atoms. The maximum Gasteiger partial charge on any atom is 0.137 e. The smallest absolute Gasteiger partial charge is 0.137 e. The van der Waals surface area contributed by atoms with Gasteiger partial charge in [-0.25, -0.2) is 15.0 Å². The van der Waals surface area contributed by atoms with E-state index in [0.717, 1.165) is 39.2 Å². The van der Waals surface area contributed by atoms with Crippen LogP contribution in [0.4, 0.5) is 11.6 Å². The van der Waals surface area contributed by atoms with E-state index >= 15 is 0 Å². The van der Waals surface area contributed by atoms with Gasteiger partial charge in [0.1, 0.15) is 23.7 Å². The van der Waals surface area contributed by atoms with E-state index in [1.165, 1.54) is 0 Å². The van der Waals surface area contributed by atoms with Gasteiger partial charge in [0, 0.05) is 23.7 Å². The zero-order chi connectivity index (χ0) is 18.6. The Labute approximate surface area is 157 Å². The number of methoxy groups -OCH3 is 1. The van der Waals surface area contributed by atoms with Crippen molar-refractivity contribution in [3.05, 3.63) is 72.7 Å².